The summed E-state index contributed by atoms with van der Waals surface area (Å²) in [6.45, 7) is 0. The summed E-state index contributed by atoms with van der Waals surface area (Å²) in [7, 11) is 3.90. The summed E-state index contributed by atoms with van der Waals surface area (Å²) in [6.07, 6.45) is 6.94. The van der Waals surface area contributed by atoms with Gasteiger partial charge in [0.25, 0.3) is 0 Å². The van der Waals surface area contributed by atoms with Gasteiger partial charge in [-0.3, -0.25) is 5.41 Å². The van der Waals surface area contributed by atoms with Gasteiger partial charge in [0.05, 0.1) is 5.75 Å². The Hall–Kier alpha value is -0.180. The standard InChI is InChI=1S/C10H20N2S/c1-12(2)10(11)8-13-9-6-4-3-5-7-9/h9,11H,3-8H2,1-2H3. The van der Waals surface area contributed by atoms with Crippen LogP contribution in [0.25, 0.3) is 0 Å². The van der Waals surface area contributed by atoms with E-state index in [2.05, 4.69) is 0 Å². The summed E-state index contributed by atoms with van der Waals surface area (Å²) in [5.41, 5.74) is 0. The zero-order valence-electron chi connectivity index (χ0n) is 8.68. The van der Waals surface area contributed by atoms with E-state index in [0.29, 0.717) is 0 Å². The van der Waals surface area contributed by atoms with Gasteiger partial charge in [-0.1, -0.05) is 19.3 Å². The van der Waals surface area contributed by atoms with Crippen LogP contribution in [0.1, 0.15) is 32.1 Å². The lowest BCUT2D eigenvalue weighted by molar-refractivity contribution is 0.516. The molecule has 0 aromatic rings. The van der Waals surface area contributed by atoms with Crippen LogP contribution >= 0.6 is 11.8 Å². The molecule has 0 saturated heterocycles. The van der Waals surface area contributed by atoms with E-state index in [0.717, 1.165) is 16.8 Å². The van der Waals surface area contributed by atoms with Crippen molar-refractivity contribution in [3.8, 4) is 0 Å². The van der Waals surface area contributed by atoms with Gasteiger partial charge >= 0.3 is 0 Å². The average molecular weight is 200 g/mol. The molecule has 0 heterocycles. The molecule has 0 aromatic heterocycles. The van der Waals surface area contributed by atoms with E-state index in [4.69, 9.17) is 5.41 Å². The molecule has 1 saturated carbocycles. The van der Waals surface area contributed by atoms with Crippen molar-refractivity contribution in [3.05, 3.63) is 0 Å². The number of hydrogen-bond acceptors (Lipinski definition) is 2. The van der Waals surface area contributed by atoms with Gasteiger partial charge in [-0.05, 0) is 12.8 Å². The van der Waals surface area contributed by atoms with Gasteiger partial charge in [0.15, 0.2) is 0 Å². The molecule has 0 atom stereocenters. The van der Waals surface area contributed by atoms with E-state index in [-0.39, 0.29) is 0 Å². The zero-order valence-corrected chi connectivity index (χ0v) is 9.49. The van der Waals surface area contributed by atoms with Crippen LogP contribution < -0.4 is 0 Å². The molecular weight excluding hydrogens is 180 g/mol. The molecule has 1 rings (SSSR count). The number of nitrogens with zero attached hydrogens (tertiary/aromatic N) is 1. The molecule has 0 bridgehead atoms. The van der Waals surface area contributed by atoms with Crippen LogP contribution in [0.4, 0.5) is 0 Å². The normalized spacial score (nSPS) is 18.6. The Balaban J connectivity index is 2.13. The van der Waals surface area contributed by atoms with Gasteiger partial charge in [0.1, 0.15) is 5.84 Å². The zero-order chi connectivity index (χ0) is 9.68. The Labute approximate surface area is 85.6 Å². The van der Waals surface area contributed by atoms with E-state index in [1.165, 1.54) is 32.1 Å². The molecule has 0 spiro atoms. The first-order valence-electron chi connectivity index (χ1n) is 5.06. The summed E-state index contributed by atoms with van der Waals surface area (Å²) in [5.74, 6) is 1.63. The smallest absolute Gasteiger partial charge is 0.105 e. The second-order valence-electron chi connectivity index (χ2n) is 3.91. The van der Waals surface area contributed by atoms with Crippen LogP contribution in [0, 0.1) is 5.41 Å². The van der Waals surface area contributed by atoms with Gasteiger partial charge in [0, 0.05) is 19.3 Å². The molecule has 0 unspecified atom stereocenters. The maximum atomic E-state index is 7.67. The summed E-state index contributed by atoms with van der Waals surface area (Å²) in [4.78, 5) is 1.90. The first-order valence-corrected chi connectivity index (χ1v) is 6.11. The fourth-order valence-corrected chi connectivity index (χ4v) is 2.88. The van der Waals surface area contributed by atoms with E-state index in [1.54, 1.807) is 0 Å². The first-order chi connectivity index (χ1) is 6.20. The minimum atomic E-state index is 0.746. The van der Waals surface area contributed by atoms with Crippen LogP contribution in [-0.2, 0) is 0 Å². The summed E-state index contributed by atoms with van der Waals surface area (Å²) >= 11 is 1.97. The van der Waals surface area contributed by atoms with Crippen LogP contribution in [0.15, 0.2) is 0 Å². The van der Waals surface area contributed by atoms with Crippen LogP contribution in [0.3, 0.4) is 0 Å². The lowest BCUT2D eigenvalue weighted by Gasteiger charge is -2.22. The molecule has 1 aliphatic carbocycles. The fourth-order valence-electron chi connectivity index (χ4n) is 1.56. The van der Waals surface area contributed by atoms with E-state index in [9.17, 15) is 0 Å². The minimum absolute atomic E-state index is 0.746. The van der Waals surface area contributed by atoms with Crippen molar-refractivity contribution in [3.63, 3.8) is 0 Å². The maximum Gasteiger partial charge on any atom is 0.105 e. The Bertz CT molecular complexity index is 162. The Kier molecular flexibility index (Phi) is 4.64. The average Bonchev–Trinajstić information content (AvgIpc) is 2.15. The quantitative estimate of drug-likeness (QED) is 0.560. The van der Waals surface area contributed by atoms with Gasteiger partial charge < -0.3 is 4.90 Å². The highest BCUT2D eigenvalue weighted by atomic mass is 32.2. The second kappa shape index (κ2) is 5.53. The molecule has 0 aliphatic heterocycles. The fraction of sp³-hybridized carbons (Fsp3) is 0.900. The first kappa shape index (κ1) is 10.9. The van der Waals surface area contributed by atoms with Crippen molar-refractivity contribution in [2.45, 2.75) is 37.4 Å². The van der Waals surface area contributed by atoms with Crippen LogP contribution in [0.5, 0.6) is 0 Å². The van der Waals surface area contributed by atoms with E-state index < -0.39 is 0 Å². The molecule has 76 valence electrons. The van der Waals surface area contributed by atoms with Crippen LogP contribution in [-0.4, -0.2) is 35.8 Å². The van der Waals surface area contributed by atoms with Crippen LogP contribution in [0.2, 0.25) is 0 Å². The topological polar surface area (TPSA) is 27.1 Å². The van der Waals surface area contributed by atoms with E-state index >= 15 is 0 Å². The van der Waals surface area contributed by atoms with Crippen molar-refractivity contribution in [2.24, 2.45) is 0 Å². The van der Waals surface area contributed by atoms with Crippen molar-refractivity contribution < 1.29 is 0 Å². The van der Waals surface area contributed by atoms with Crippen molar-refractivity contribution in [1.29, 1.82) is 5.41 Å². The molecule has 0 radical (unpaired) electrons. The lowest BCUT2D eigenvalue weighted by atomic mass is 10.0. The van der Waals surface area contributed by atoms with Gasteiger partial charge in [-0.2, -0.15) is 11.8 Å². The SMILES string of the molecule is CN(C)C(=N)CSC1CCCCC1. The summed E-state index contributed by atoms with van der Waals surface area (Å²) < 4.78 is 0. The molecule has 1 N–H and O–H groups in total. The number of hydrogen-bond donors (Lipinski definition) is 1. The third-order valence-electron chi connectivity index (χ3n) is 2.55. The number of amidine groups is 1. The third-order valence-corrected chi connectivity index (χ3v) is 3.93. The molecule has 3 heteroatoms. The monoisotopic (exact) mass is 200 g/mol. The largest absolute Gasteiger partial charge is 0.366 e. The molecular formula is C10H20N2S. The van der Waals surface area contributed by atoms with E-state index in [1.807, 2.05) is 30.8 Å². The maximum absolute atomic E-state index is 7.67. The Morgan fingerprint density at radius 2 is 1.92 bits per heavy atom. The minimum Gasteiger partial charge on any atom is -0.366 e. The molecule has 0 amide bonds. The lowest BCUT2D eigenvalue weighted by Crippen LogP contribution is -2.24. The van der Waals surface area contributed by atoms with Gasteiger partial charge in [-0.25, -0.2) is 0 Å². The molecule has 0 aromatic carbocycles. The van der Waals surface area contributed by atoms with Gasteiger partial charge in [-0.15, -0.1) is 0 Å². The number of rotatable bonds is 3. The van der Waals surface area contributed by atoms with Gasteiger partial charge in [0.2, 0.25) is 0 Å². The molecule has 13 heavy (non-hydrogen) atoms. The van der Waals surface area contributed by atoms with Crippen molar-refractivity contribution >= 4 is 17.6 Å². The molecule has 2 nitrogen and oxygen atoms in total. The number of thioether (sulfide) groups is 1. The highest BCUT2D eigenvalue weighted by Gasteiger charge is 2.14. The Morgan fingerprint density at radius 3 is 2.46 bits per heavy atom. The van der Waals surface area contributed by atoms with Crippen molar-refractivity contribution in [1.82, 2.24) is 4.90 Å². The molecule has 1 fully saturated rings. The highest BCUT2D eigenvalue weighted by Crippen LogP contribution is 2.28. The summed E-state index contributed by atoms with van der Waals surface area (Å²) in [6, 6.07) is 0. The predicted octanol–water partition coefficient (Wildman–Crippen LogP) is 2.59. The third kappa shape index (κ3) is 4.03. The number of nitrogens with one attached hydrogen (secondary N) is 1. The Morgan fingerprint density at radius 1 is 1.31 bits per heavy atom. The molecule has 1 aliphatic rings. The second-order valence-corrected chi connectivity index (χ2v) is 5.20. The highest BCUT2D eigenvalue weighted by molar-refractivity contribution is 8.00. The van der Waals surface area contributed by atoms with Crippen molar-refractivity contribution in [2.75, 3.05) is 19.8 Å². The predicted molar refractivity (Wildman–Crippen MR) is 60.7 cm³/mol. The summed E-state index contributed by atoms with van der Waals surface area (Å²) in [5, 5.41) is 8.49.